The van der Waals surface area contributed by atoms with E-state index in [1.54, 1.807) is 42.4 Å². The second-order valence-electron chi connectivity index (χ2n) is 11.4. The molecule has 2 aliphatic heterocycles. The number of carbonyl (C=O) groups excluding carboxylic acids is 1. The highest BCUT2D eigenvalue weighted by atomic mass is 19.4. The van der Waals surface area contributed by atoms with Crippen molar-refractivity contribution in [2.45, 2.75) is 70.5 Å². The van der Waals surface area contributed by atoms with Crippen LogP contribution in [0.3, 0.4) is 0 Å². The summed E-state index contributed by atoms with van der Waals surface area (Å²) in [5.41, 5.74) is -1.25. The number of hydrogen-bond acceptors (Lipinski definition) is 7. The highest BCUT2D eigenvalue weighted by molar-refractivity contribution is 5.90. The molecule has 2 aromatic carbocycles. The lowest BCUT2D eigenvalue weighted by atomic mass is 9.88. The van der Waals surface area contributed by atoms with Gasteiger partial charge in [0.05, 0.1) is 54.7 Å². The first-order chi connectivity index (χ1) is 22.3. The van der Waals surface area contributed by atoms with Gasteiger partial charge in [-0.15, -0.1) is 0 Å². The van der Waals surface area contributed by atoms with Gasteiger partial charge in [0.2, 0.25) is 5.95 Å². The Kier molecular flexibility index (Phi) is 10.1. The number of hydrogen-bond donors (Lipinski definition) is 0. The SMILES string of the molecule is CCOC(=O)N1c2ccc(OC)cc2[C@@H](N(Cc2cc(C(F)(F)F)cc(C(F)(F)F)c2)c2ncc(N3CC[CH]CC3)cn2)C[C@H]1CC. The minimum absolute atomic E-state index is 0.111. The van der Waals surface area contributed by atoms with Gasteiger partial charge in [-0.2, -0.15) is 26.3 Å². The zero-order valence-electron chi connectivity index (χ0n) is 26.2. The number of alkyl halides is 6. The van der Waals surface area contributed by atoms with E-state index in [0.29, 0.717) is 23.4 Å². The molecule has 47 heavy (non-hydrogen) atoms. The molecule has 2 atom stereocenters. The van der Waals surface area contributed by atoms with E-state index in [1.165, 1.54) is 12.0 Å². The monoisotopic (exact) mass is 664 g/mol. The smallest absolute Gasteiger partial charge is 0.416 e. The minimum atomic E-state index is -5.01. The molecule has 8 nitrogen and oxygen atoms in total. The zero-order valence-corrected chi connectivity index (χ0v) is 26.2. The minimum Gasteiger partial charge on any atom is -0.497 e. The van der Waals surface area contributed by atoms with Crippen LogP contribution in [0.5, 0.6) is 5.75 Å². The summed E-state index contributed by atoms with van der Waals surface area (Å²) < 4.78 is 94.0. The fourth-order valence-corrected chi connectivity index (χ4v) is 6.18. The molecule has 0 saturated carbocycles. The van der Waals surface area contributed by atoms with E-state index in [1.807, 2.05) is 6.92 Å². The fraction of sp³-hybridized carbons (Fsp3) is 0.455. The summed E-state index contributed by atoms with van der Waals surface area (Å²) in [6.45, 7) is 4.87. The van der Waals surface area contributed by atoms with E-state index in [9.17, 15) is 31.1 Å². The molecule has 0 unspecified atom stereocenters. The van der Waals surface area contributed by atoms with Crippen LogP contribution in [0, 0.1) is 6.42 Å². The quantitative estimate of drug-likeness (QED) is 0.225. The van der Waals surface area contributed by atoms with E-state index in [-0.39, 0.29) is 37.2 Å². The van der Waals surface area contributed by atoms with Gasteiger partial charge >= 0.3 is 18.4 Å². The van der Waals surface area contributed by atoms with E-state index >= 15 is 0 Å². The number of benzene rings is 2. The van der Waals surface area contributed by atoms with Crippen LogP contribution in [-0.4, -0.2) is 48.9 Å². The molecule has 0 N–H and O–H groups in total. The number of carbonyl (C=O) groups is 1. The second-order valence-corrected chi connectivity index (χ2v) is 11.4. The molecule has 1 saturated heterocycles. The van der Waals surface area contributed by atoms with Crippen LogP contribution < -0.4 is 19.4 Å². The Bertz CT molecular complexity index is 1510. The normalized spacial score (nSPS) is 18.5. The summed E-state index contributed by atoms with van der Waals surface area (Å²) >= 11 is 0. The van der Waals surface area contributed by atoms with Crippen LogP contribution in [-0.2, 0) is 23.6 Å². The van der Waals surface area contributed by atoms with Crippen molar-refractivity contribution < 1.29 is 40.6 Å². The van der Waals surface area contributed by atoms with Gasteiger partial charge in [-0.1, -0.05) is 6.92 Å². The summed E-state index contributed by atoms with van der Waals surface area (Å²) in [6, 6.07) is 5.54. The number of amides is 1. The summed E-state index contributed by atoms with van der Waals surface area (Å²) in [4.78, 5) is 27.6. The molecule has 3 heterocycles. The molecule has 1 aromatic heterocycles. The van der Waals surface area contributed by atoms with E-state index in [2.05, 4.69) is 21.3 Å². The Morgan fingerprint density at radius 3 is 2.15 bits per heavy atom. The predicted octanol–water partition coefficient (Wildman–Crippen LogP) is 8.22. The van der Waals surface area contributed by atoms with E-state index in [0.717, 1.165) is 43.8 Å². The average Bonchev–Trinajstić information content (AvgIpc) is 3.06. The van der Waals surface area contributed by atoms with Gasteiger partial charge in [0.15, 0.2) is 0 Å². The first-order valence-electron chi connectivity index (χ1n) is 15.4. The van der Waals surface area contributed by atoms with Gasteiger partial charge in [-0.05, 0) is 81.0 Å². The summed E-state index contributed by atoms with van der Waals surface area (Å²) in [5.74, 6) is 0.561. The maximum Gasteiger partial charge on any atom is 0.416 e. The van der Waals surface area contributed by atoms with Crippen molar-refractivity contribution >= 4 is 23.4 Å². The highest BCUT2D eigenvalue weighted by Gasteiger charge is 2.41. The van der Waals surface area contributed by atoms with Crippen LogP contribution in [0.25, 0.3) is 0 Å². The number of piperidine rings is 1. The number of rotatable bonds is 8. The fourth-order valence-electron chi connectivity index (χ4n) is 6.18. The number of ether oxygens (including phenoxy) is 2. The molecule has 1 amide bonds. The lowest BCUT2D eigenvalue weighted by Gasteiger charge is -2.44. The number of methoxy groups -OCH3 is 1. The van der Waals surface area contributed by atoms with Crippen molar-refractivity contribution in [3.05, 3.63) is 77.5 Å². The highest BCUT2D eigenvalue weighted by Crippen LogP contribution is 2.45. The first-order valence-corrected chi connectivity index (χ1v) is 15.4. The molecule has 3 aromatic rings. The third-order valence-electron chi connectivity index (χ3n) is 8.48. The van der Waals surface area contributed by atoms with Crippen LogP contribution in [0.15, 0.2) is 48.8 Å². The molecular weight excluding hydrogens is 628 g/mol. The number of nitrogens with zero attached hydrogens (tertiary/aromatic N) is 5. The molecule has 253 valence electrons. The molecule has 0 aliphatic carbocycles. The standard InChI is InChI=1S/C33H36F6N5O3/c1-4-24-16-29(27-17-26(46-3)9-10-28(27)44(24)31(45)47-5-2)43(30-40-18-25(19-41-30)42-11-7-6-8-12-42)20-21-13-22(32(34,35)36)15-23(14-21)33(37,38)39/h6,9-10,13-15,17-19,24,29H,4-5,7-8,11-12,16,20H2,1-3H3/t24-,29+/m1/s1. The Labute approximate surface area is 269 Å². The first kappa shape index (κ1) is 34.1. The second kappa shape index (κ2) is 13.9. The Morgan fingerprint density at radius 2 is 1.60 bits per heavy atom. The van der Waals surface area contributed by atoms with Crippen LogP contribution in [0.4, 0.5) is 48.5 Å². The Hall–Kier alpha value is -4.23. The molecular formula is C33H36F6N5O3. The molecule has 0 spiro atoms. The number of aromatic nitrogens is 2. The van der Waals surface area contributed by atoms with Gasteiger partial charge in [-0.25, -0.2) is 14.8 Å². The summed E-state index contributed by atoms with van der Waals surface area (Å²) in [6.07, 6.45) is -2.64. The maximum absolute atomic E-state index is 13.9. The molecule has 1 radical (unpaired) electrons. The third-order valence-corrected chi connectivity index (χ3v) is 8.48. The molecule has 2 aliphatic rings. The Balaban J connectivity index is 1.66. The van der Waals surface area contributed by atoms with Crippen LogP contribution >= 0.6 is 0 Å². The molecule has 0 bridgehead atoms. The number of fused-ring (bicyclic) bond motifs is 1. The van der Waals surface area contributed by atoms with E-state index < -0.39 is 41.7 Å². The predicted molar refractivity (Wildman–Crippen MR) is 164 cm³/mol. The number of anilines is 3. The van der Waals surface area contributed by atoms with Crippen molar-refractivity contribution in [1.82, 2.24) is 9.97 Å². The lowest BCUT2D eigenvalue weighted by molar-refractivity contribution is -0.143. The Morgan fingerprint density at radius 1 is 0.957 bits per heavy atom. The van der Waals surface area contributed by atoms with Crippen LogP contribution in [0.1, 0.15) is 67.8 Å². The topological polar surface area (TPSA) is 71.0 Å². The van der Waals surface area contributed by atoms with Gasteiger partial charge in [0.1, 0.15) is 5.75 Å². The van der Waals surface area contributed by atoms with Crippen molar-refractivity contribution in [2.75, 3.05) is 41.5 Å². The lowest BCUT2D eigenvalue weighted by Crippen LogP contribution is -2.48. The van der Waals surface area contributed by atoms with Gasteiger partial charge in [0, 0.05) is 31.2 Å². The summed E-state index contributed by atoms with van der Waals surface area (Å²) in [7, 11) is 1.47. The van der Waals surface area contributed by atoms with Gasteiger partial charge in [0.25, 0.3) is 0 Å². The summed E-state index contributed by atoms with van der Waals surface area (Å²) in [5, 5.41) is 0. The average molecular weight is 665 g/mol. The largest absolute Gasteiger partial charge is 0.497 e. The van der Waals surface area contributed by atoms with Crippen molar-refractivity contribution in [3.8, 4) is 5.75 Å². The van der Waals surface area contributed by atoms with E-state index in [4.69, 9.17) is 9.47 Å². The molecule has 5 rings (SSSR count). The third kappa shape index (κ3) is 7.51. The van der Waals surface area contributed by atoms with Crippen molar-refractivity contribution in [2.24, 2.45) is 0 Å². The molecule has 14 heteroatoms. The van der Waals surface area contributed by atoms with Crippen molar-refractivity contribution in [1.29, 1.82) is 0 Å². The van der Waals surface area contributed by atoms with Crippen LogP contribution in [0.2, 0.25) is 0 Å². The molecule has 1 fully saturated rings. The van der Waals surface area contributed by atoms with Gasteiger partial charge < -0.3 is 19.3 Å². The number of halogens is 6. The van der Waals surface area contributed by atoms with Gasteiger partial charge in [-0.3, -0.25) is 4.90 Å². The maximum atomic E-state index is 13.9. The van der Waals surface area contributed by atoms with Crippen molar-refractivity contribution in [3.63, 3.8) is 0 Å². The zero-order chi connectivity index (χ0) is 33.9.